The van der Waals surface area contributed by atoms with Gasteiger partial charge in [-0.2, -0.15) is 0 Å². The highest BCUT2D eigenvalue weighted by molar-refractivity contribution is 5.36. The van der Waals surface area contributed by atoms with E-state index in [2.05, 4.69) is 38.1 Å². The minimum absolute atomic E-state index is 0.413. The Morgan fingerprint density at radius 3 is 2.22 bits per heavy atom. The van der Waals surface area contributed by atoms with Gasteiger partial charge >= 0.3 is 0 Å². The lowest BCUT2D eigenvalue weighted by Gasteiger charge is -2.17. The lowest BCUT2D eigenvalue weighted by Crippen LogP contribution is -2.03. The summed E-state index contributed by atoms with van der Waals surface area (Å²) in [5.74, 6) is 0.839. The third kappa shape index (κ3) is 5.42. The number of phenols is 1. The van der Waals surface area contributed by atoms with Gasteiger partial charge in [0.1, 0.15) is 5.75 Å². The lowest BCUT2D eigenvalue weighted by atomic mass is 9.88. The topological polar surface area (TPSA) is 20.2 Å². The molecule has 0 aliphatic heterocycles. The number of aryl methyl sites for hydroxylation is 1. The van der Waals surface area contributed by atoms with Crippen LogP contribution in [0.4, 0.5) is 0 Å². The van der Waals surface area contributed by atoms with E-state index >= 15 is 0 Å². The van der Waals surface area contributed by atoms with Crippen molar-refractivity contribution in [2.75, 3.05) is 0 Å². The zero-order valence-electron chi connectivity index (χ0n) is 14.6. The van der Waals surface area contributed by atoms with Crippen LogP contribution in [0.3, 0.4) is 0 Å². The Morgan fingerprint density at radius 2 is 1.48 bits per heavy atom. The van der Waals surface area contributed by atoms with E-state index in [1.54, 1.807) is 6.07 Å². The van der Waals surface area contributed by atoms with E-state index < -0.39 is 0 Å². The van der Waals surface area contributed by atoms with Gasteiger partial charge in [0.25, 0.3) is 0 Å². The first kappa shape index (κ1) is 17.6. The summed E-state index contributed by atoms with van der Waals surface area (Å²) in [6.45, 7) is 4.53. The molecule has 0 radical (unpaired) electrons. The van der Waals surface area contributed by atoms with E-state index in [4.69, 9.17) is 0 Å². The minimum Gasteiger partial charge on any atom is -0.508 e. The molecule has 23 heavy (non-hydrogen) atoms. The number of benzene rings is 2. The molecule has 1 N–H and O–H groups in total. The molecule has 0 amide bonds. The molecule has 0 bridgehead atoms. The van der Waals surface area contributed by atoms with Gasteiger partial charge in [0, 0.05) is 0 Å². The summed E-state index contributed by atoms with van der Waals surface area (Å²) >= 11 is 0. The fraction of sp³-hybridized carbons (Fsp3) is 0.455. The van der Waals surface area contributed by atoms with Crippen molar-refractivity contribution in [1.29, 1.82) is 0 Å². The van der Waals surface area contributed by atoms with E-state index in [-0.39, 0.29) is 0 Å². The van der Waals surface area contributed by atoms with Crippen molar-refractivity contribution in [3.05, 3.63) is 65.2 Å². The van der Waals surface area contributed by atoms with E-state index in [0.29, 0.717) is 11.7 Å². The van der Waals surface area contributed by atoms with Crippen LogP contribution in [-0.2, 0) is 12.8 Å². The lowest BCUT2D eigenvalue weighted by molar-refractivity contribution is 0.465. The molecule has 0 saturated carbocycles. The zero-order valence-corrected chi connectivity index (χ0v) is 14.6. The Morgan fingerprint density at radius 1 is 0.826 bits per heavy atom. The number of phenolic OH excluding ortho intramolecular Hbond substituents is 1. The largest absolute Gasteiger partial charge is 0.508 e. The van der Waals surface area contributed by atoms with Crippen molar-refractivity contribution in [3.8, 4) is 5.75 Å². The smallest absolute Gasteiger partial charge is 0.118 e. The second kappa shape index (κ2) is 9.39. The summed E-state index contributed by atoms with van der Waals surface area (Å²) < 4.78 is 0. The molecule has 0 aliphatic carbocycles. The average Bonchev–Trinajstić information content (AvgIpc) is 2.57. The molecule has 2 rings (SSSR count). The zero-order chi connectivity index (χ0) is 16.5. The highest BCUT2D eigenvalue weighted by Crippen LogP contribution is 2.28. The summed E-state index contributed by atoms with van der Waals surface area (Å²) in [5.41, 5.74) is 3.95. The number of hydrogen-bond donors (Lipinski definition) is 1. The molecule has 1 nitrogen and oxygen atoms in total. The van der Waals surface area contributed by atoms with Crippen LogP contribution in [0.2, 0.25) is 0 Å². The molecular weight excluding hydrogens is 280 g/mol. The standard InChI is InChI=1S/C22H30O/c1-3-4-5-6-7-12-19-13-8-10-15-21(19)18(2)17-20-14-9-11-16-22(20)23/h8-11,13-16,18,23H,3-7,12,17H2,1-2H3. The summed E-state index contributed by atoms with van der Waals surface area (Å²) in [6, 6.07) is 16.5. The van der Waals surface area contributed by atoms with Gasteiger partial charge in [0.05, 0.1) is 0 Å². The predicted octanol–water partition coefficient (Wildman–Crippen LogP) is 6.25. The van der Waals surface area contributed by atoms with E-state index in [0.717, 1.165) is 12.0 Å². The highest BCUT2D eigenvalue weighted by atomic mass is 16.3. The molecule has 0 saturated heterocycles. The van der Waals surface area contributed by atoms with Gasteiger partial charge in [-0.1, -0.05) is 82.0 Å². The van der Waals surface area contributed by atoms with Gasteiger partial charge in [-0.05, 0) is 47.9 Å². The van der Waals surface area contributed by atoms with Crippen molar-refractivity contribution in [3.63, 3.8) is 0 Å². The molecule has 2 aromatic carbocycles. The average molecular weight is 310 g/mol. The van der Waals surface area contributed by atoms with Gasteiger partial charge in [0.2, 0.25) is 0 Å². The number of hydrogen-bond acceptors (Lipinski definition) is 1. The summed E-state index contributed by atoms with van der Waals surface area (Å²) in [5, 5.41) is 10.00. The number of unbranched alkanes of at least 4 members (excludes halogenated alkanes) is 4. The molecule has 1 unspecified atom stereocenters. The molecule has 0 aliphatic rings. The van der Waals surface area contributed by atoms with Crippen molar-refractivity contribution in [2.45, 2.75) is 64.7 Å². The maximum absolute atomic E-state index is 10.00. The Bertz CT molecular complexity index is 588. The van der Waals surface area contributed by atoms with Crippen molar-refractivity contribution >= 4 is 0 Å². The first-order valence-electron chi connectivity index (χ1n) is 9.07. The highest BCUT2D eigenvalue weighted by Gasteiger charge is 2.12. The molecule has 0 heterocycles. The van der Waals surface area contributed by atoms with Gasteiger partial charge in [0.15, 0.2) is 0 Å². The van der Waals surface area contributed by atoms with Gasteiger partial charge < -0.3 is 5.11 Å². The van der Waals surface area contributed by atoms with Crippen LogP contribution in [0.25, 0.3) is 0 Å². The van der Waals surface area contributed by atoms with Gasteiger partial charge in [-0.3, -0.25) is 0 Å². The predicted molar refractivity (Wildman–Crippen MR) is 99.1 cm³/mol. The molecule has 0 fully saturated rings. The van der Waals surface area contributed by atoms with Crippen LogP contribution in [0.15, 0.2) is 48.5 Å². The van der Waals surface area contributed by atoms with Crippen LogP contribution in [0.5, 0.6) is 5.75 Å². The molecule has 124 valence electrons. The van der Waals surface area contributed by atoms with Crippen LogP contribution < -0.4 is 0 Å². The molecule has 0 spiro atoms. The van der Waals surface area contributed by atoms with E-state index in [1.165, 1.54) is 49.7 Å². The first-order chi connectivity index (χ1) is 11.2. The first-order valence-corrected chi connectivity index (χ1v) is 9.07. The van der Waals surface area contributed by atoms with Crippen molar-refractivity contribution in [1.82, 2.24) is 0 Å². The van der Waals surface area contributed by atoms with Crippen LogP contribution >= 0.6 is 0 Å². The van der Waals surface area contributed by atoms with Gasteiger partial charge in [-0.15, -0.1) is 0 Å². The van der Waals surface area contributed by atoms with E-state index in [1.807, 2.05) is 18.2 Å². The van der Waals surface area contributed by atoms with Crippen molar-refractivity contribution in [2.24, 2.45) is 0 Å². The number of rotatable bonds is 9. The van der Waals surface area contributed by atoms with Gasteiger partial charge in [-0.25, -0.2) is 0 Å². The van der Waals surface area contributed by atoms with E-state index in [9.17, 15) is 5.11 Å². The third-order valence-corrected chi connectivity index (χ3v) is 4.65. The Labute approximate surface area is 141 Å². The Kier molecular flexibility index (Phi) is 7.19. The monoisotopic (exact) mass is 310 g/mol. The maximum Gasteiger partial charge on any atom is 0.118 e. The molecule has 1 atom stereocenters. The number of aromatic hydroxyl groups is 1. The molecule has 2 aromatic rings. The Hall–Kier alpha value is -1.76. The van der Waals surface area contributed by atoms with Crippen LogP contribution in [0.1, 0.15) is 68.6 Å². The quantitative estimate of drug-likeness (QED) is 0.543. The van der Waals surface area contributed by atoms with Crippen LogP contribution in [-0.4, -0.2) is 5.11 Å². The summed E-state index contributed by atoms with van der Waals surface area (Å²) in [4.78, 5) is 0. The normalized spacial score (nSPS) is 12.3. The van der Waals surface area contributed by atoms with Crippen LogP contribution in [0, 0.1) is 0 Å². The number of para-hydroxylation sites is 1. The summed E-state index contributed by atoms with van der Waals surface area (Å²) in [7, 11) is 0. The third-order valence-electron chi connectivity index (χ3n) is 4.65. The fourth-order valence-corrected chi connectivity index (χ4v) is 3.28. The molecular formula is C22H30O. The molecule has 0 aromatic heterocycles. The second-order valence-electron chi connectivity index (χ2n) is 6.60. The van der Waals surface area contributed by atoms with Crippen molar-refractivity contribution < 1.29 is 5.11 Å². The minimum atomic E-state index is 0.413. The second-order valence-corrected chi connectivity index (χ2v) is 6.60. The maximum atomic E-state index is 10.00. The SMILES string of the molecule is CCCCCCCc1ccccc1C(C)Cc1ccccc1O. The molecule has 1 heteroatoms. The Balaban J connectivity index is 1.99. The summed E-state index contributed by atoms with van der Waals surface area (Å²) in [6.07, 6.45) is 8.67. The fourth-order valence-electron chi connectivity index (χ4n) is 3.28.